The van der Waals surface area contributed by atoms with Crippen LogP contribution in [0.5, 0.6) is 5.75 Å². The first-order chi connectivity index (χ1) is 9.31. The van der Waals surface area contributed by atoms with E-state index < -0.39 is 6.36 Å². The summed E-state index contributed by atoms with van der Waals surface area (Å²) in [4.78, 5) is 3.98. The molecule has 0 fully saturated rings. The molecule has 4 nitrogen and oxygen atoms in total. The molecule has 0 saturated carbocycles. The highest BCUT2D eigenvalue weighted by molar-refractivity contribution is 14.0. The number of nitrogens with zero attached hydrogens (tertiary/aromatic N) is 1. The summed E-state index contributed by atoms with van der Waals surface area (Å²) < 4.78 is 40.8. The van der Waals surface area contributed by atoms with Crippen molar-refractivity contribution in [2.45, 2.75) is 32.8 Å². The SMILES string of the molecule is CN=C(NCc1ccccc1OC(F)(F)F)NC(C)C.I. The van der Waals surface area contributed by atoms with Crippen LogP contribution >= 0.6 is 24.0 Å². The third-order valence-corrected chi connectivity index (χ3v) is 2.29. The smallest absolute Gasteiger partial charge is 0.405 e. The Hall–Kier alpha value is -1.19. The second-order valence-corrected chi connectivity index (χ2v) is 4.38. The second kappa shape index (κ2) is 8.96. The van der Waals surface area contributed by atoms with Crippen LogP contribution in [0.3, 0.4) is 0 Å². The lowest BCUT2D eigenvalue weighted by atomic mass is 10.2. The van der Waals surface area contributed by atoms with Crippen LogP contribution in [0.25, 0.3) is 0 Å². The number of guanidine groups is 1. The molecule has 0 aromatic heterocycles. The number of benzene rings is 1. The number of nitrogens with one attached hydrogen (secondary N) is 2. The van der Waals surface area contributed by atoms with Crippen molar-refractivity contribution in [1.82, 2.24) is 10.6 Å². The zero-order valence-corrected chi connectivity index (χ0v) is 14.3. The molecule has 0 unspecified atom stereocenters. The molecule has 2 N–H and O–H groups in total. The molecule has 0 aliphatic heterocycles. The molecule has 0 bridgehead atoms. The van der Waals surface area contributed by atoms with E-state index in [-0.39, 0.29) is 42.3 Å². The highest BCUT2D eigenvalue weighted by Crippen LogP contribution is 2.25. The molecule has 1 rings (SSSR count). The molecule has 0 saturated heterocycles. The Labute approximate surface area is 139 Å². The van der Waals surface area contributed by atoms with Crippen LogP contribution in [0.4, 0.5) is 13.2 Å². The monoisotopic (exact) mass is 417 g/mol. The predicted molar refractivity (Wildman–Crippen MR) is 87.0 cm³/mol. The van der Waals surface area contributed by atoms with E-state index in [9.17, 15) is 13.2 Å². The second-order valence-electron chi connectivity index (χ2n) is 4.38. The van der Waals surface area contributed by atoms with Gasteiger partial charge in [0.25, 0.3) is 0 Å². The van der Waals surface area contributed by atoms with E-state index in [1.807, 2.05) is 13.8 Å². The van der Waals surface area contributed by atoms with Gasteiger partial charge in [-0.2, -0.15) is 0 Å². The molecule has 1 aromatic carbocycles. The van der Waals surface area contributed by atoms with E-state index >= 15 is 0 Å². The standard InChI is InChI=1S/C13H18F3N3O.HI/c1-9(2)19-12(17-3)18-8-10-6-4-5-7-11(10)20-13(14,15)16;/h4-7,9H,8H2,1-3H3,(H2,17,18,19);1H. The lowest BCUT2D eigenvalue weighted by Crippen LogP contribution is -2.40. The molecule has 1 aromatic rings. The number of para-hydroxylation sites is 1. The minimum atomic E-state index is -4.70. The van der Waals surface area contributed by atoms with Gasteiger partial charge in [-0.3, -0.25) is 4.99 Å². The Bertz CT molecular complexity index is 464. The average Bonchev–Trinajstić information content (AvgIpc) is 2.33. The largest absolute Gasteiger partial charge is 0.573 e. The average molecular weight is 417 g/mol. The summed E-state index contributed by atoms with van der Waals surface area (Å²) in [5.74, 6) is 0.300. The topological polar surface area (TPSA) is 45.7 Å². The first-order valence-electron chi connectivity index (χ1n) is 6.12. The van der Waals surface area contributed by atoms with Crippen LogP contribution in [0, 0.1) is 0 Å². The molecule has 0 aliphatic rings. The Balaban J connectivity index is 0.00000400. The number of halogens is 4. The van der Waals surface area contributed by atoms with Crippen LogP contribution in [0.2, 0.25) is 0 Å². The molecule has 0 radical (unpaired) electrons. The summed E-state index contributed by atoms with van der Waals surface area (Å²) in [5.41, 5.74) is 0.400. The van der Waals surface area contributed by atoms with Crippen molar-refractivity contribution in [3.8, 4) is 5.75 Å². The maximum absolute atomic E-state index is 12.3. The van der Waals surface area contributed by atoms with Gasteiger partial charge >= 0.3 is 6.36 Å². The molecule has 0 aliphatic carbocycles. The van der Waals surface area contributed by atoms with E-state index in [2.05, 4.69) is 20.4 Å². The maximum atomic E-state index is 12.3. The summed E-state index contributed by atoms with van der Waals surface area (Å²) >= 11 is 0. The van der Waals surface area contributed by atoms with Crippen LogP contribution < -0.4 is 15.4 Å². The minimum Gasteiger partial charge on any atom is -0.405 e. The first kappa shape index (κ1) is 19.8. The number of hydrogen-bond donors (Lipinski definition) is 2. The Kier molecular flexibility index (Phi) is 8.45. The summed E-state index contributed by atoms with van der Waals surface area (Å²) in [7, 11) is 1.59. The van der Waals surface area contributed by atoms with E-state index in [4.69, 9.17) is 0 Å². The van der Waals surface area contributed by atoms with E-state index in [1.54, 1.807) is 19.2 Å². The summed E-state index contributed by atoms with van der Waals surface area (Å²) in [6.45, 7) is 4.06. The van der Waals surface area contributed by atoms with Crippen molar-refractivity contribution < 1.29 is 17.9 Å². The van der Waals surface area contributed by atoms with E-state index in [0.29, 0.717) is 11.5 Å². The molecule has 0 heterocycles. The van der Waals surface area contributed by atoms with Gasteiger partial charge in [0, 0.05) is 25.2 Å². The predicted octanol–water partition coefficient (Wildman–Crippen LogP) is 3.28. The fourth-order valence-electron chi connectivity index (χ4n) is 1.52. The van der Waals surface area contributed by atoms with Crippen LogP contribution in [0.15, 0.2) is 29.3 Å². The molecule has 21 heavy (non-hydrogen) atoms. The van der Waals surface area contributed by atoms with Crippen molar-refractivity contribution >= 4 is 29.9 Å². The van der Waals surface area contributed by atoms with Crippen molar-refractivity contribution in [1.29, 1.82) is 0 Å². The van der Waals surface area contributed by atoms with E-state index in [0.717, 1.165) is 0 Å². The fourth-order valence-corrected chi connectivity index (χ4v) is 1.52. The van der Waals surface area contributed by atoms with Crippen molar-refractivity contribution in [3.05, 3.63) is 29.8 Å². The fraction of sp³-hybridized carbons (Fsp3) is 0.462. The van der Waals surface area contributed by atoms with Gasteiger partial charge in [0.1, 0.15) is 5.75 Å². The van der Waals surface area contributed by atoms with Crippen LogP contribution in [-0.4, -0.2) is 25.4 Å². The first-order valence-corrected chi connectivity index (χ1v) is 6.12. The summed E-state index contributed by atoms with van der Waals surface area (Å²) in [5, 5.41) is 5.98. The number of alkyl halides is 3. The zero-order valence-electron chi connectivity index (χ0n) is 12.0. The van der Waals surface area contributed by atoms with Crippen LogP contribution in [-0.2, 0) is 6.54 Å². The molecular weight excluding hydrogens is 398 g/mol. The maximum Gasteiger partial charge on any atom is 0.573 e. The van der Waals surface area contributed by atoms with Crippen molar-refractivity contribution in [2.75, 3.05) is 7.05 Å². The van der Waals surface area contributed by atoms with E-state index in [1.165, 1.54) is 12.1 Å². The Morgan fingerprint density at radius 2 is 1.90 bits per heavy atom. The lowest BCUT2D eigenvalue weighted by molar-refractivity contribution is -0.274. The number of ether oxygens (including phenoxy) is 1. The number of hydrogen-bond acceptors (Lipinski definition) is 2. The minimum absolute atomic E-state index is 0. The van der Waals surface area contributed by atoms with Gasteiger partial charge < -0.3 is 15.4 Å². The Morgan fingerprint density at radius 1 is 1.29 bits per heavy atom. The Morgan fingerprint density at radius 3 is 2.43 bits per heavy atom. The number of aliphatic imine (C=N–C) groups is 1. The molecular formula is C13H19F3IN3O. The molecule has 120 valence electrons. The van der Waals surface area contributed by atoms with Gasteiger partial charge in [0.2, 0.25) is 0 Å². The van der Waals surface area contributed by atoms with Gasteiger partial charge in [0.15, 0.2) is 5.96 Å². The van der Waals surface area contributed by atoms with Crippen molar-refractivity contribution in [2.24, 2.45) is 4.99 Å². The van der Waals surface area contributed by atoms with Crippen LogP contribution in [0.1, 0.15) is 19.4 Å². The molecule has 0 amide bonds. The van der Waals surface area contributed by atoms with Gasteiger partial charge in [-0.1, -0.05) is 18.2 Å². The molecule has 0 atom stereocenters. The highest BCUT2D eigenvalue weighted by atomic mass is 127. The van der Waals surface area contributed by atoms with Gasteiger partial charge in [0.05, 0.1) is 0 Å². The summed E-state index contributed by atoms with van der Waals surface area (Å²) in [6.07, 6.45) is -4.70. The summed E-state index contributed by atoms with van der Waals surface area (Å²) in [6, 6.07) is 6.16. The van der Waals surface area contributed by atoms with Crippen molar-refractivity contribution in [3.63, 3.8) is 0 Å². The normalized spacial score (nSPS) is 11.9. The molecule has 8 heteroatoms. The third kappa shape index (κ3) is 7.98. The third-order valence-electron chi connectivity index (χ3n) is 2.29. The highest BCUT2D eigenvalue weighted by Gasteiger charge is 2.31. The molecule has 0 spiro atoms. The quantitative estimate of drug-likeness (QED) is 0.449. The van der Waals surface area contributed by atoms with Gasteiger partial charge in [-0.25, -0.2) is 0 Å². The number of rotatable bonds is 4. The lowest BCUT2D eigenvalue weighted by Gasteiger charge is -2.16. The van der Waals surface area contributed by atoms with Gasteiger partial charge in [-0.15, -0.1) is 37.1 Å². The zero-order chi connectivity index (χ0) is 15.2. The van der Waals surface area contributed by atoms with Gasteiger partial charge in [-0.05, 0) is 19.9 Å².